The fraction of sp³-hybridized carbons (Fsp3) is 0.400. The molecule has 6 nitrogen and oxygen atoms in total. The van der Waals surface area contributed by atoms with E-state index in [4.69, 9.17) is 10.3 Å². The molecule has 1 fully saturated rings. The smallest absolute Gasteiger partial charge is 0.227 e. The van der Waals surface area contributed by atoms with Crippen molar-refractivity contribution < 1.29 is 9.32 Å². The largest absolute Gasteiger partial charge is 0.342 e. The normalized spacial score (nSPS) is 21.4. The number of amides is 1. The van der Waals surface area contributed by atoms with Crippen LogP contribution < -0.4 is 11.1 Å². The van der Waals surface area contributed by atoms with E-state index in [-0.39, 0.29) is 11.8 Å². The van der Waals surface area contributed by atoms with Crippen LogP contribution in [0, 0.1) is 11.8 Å². The van der Waals surface area contributed by atoms with Gasteiger partial charge >= 0.3 is 0 Å². The highest BCUT2D eigenvalue weighted by Gasteiger charge is 2.31. The highest BCUT2D eigenvalue weighted by atomic mass is 16.5. The van der Waals surface area contributed by atoms with Crippen molar-refractivity contribution in [2.75, 3.05) is 11.9 Å². The number of carbonyl (C=O) groups is 1. The van der Waals surface area contributed by atoms with E-state index in [1.54, 1.807) is 0 Å². The van der Waals surface area contributed by atoms with Gasteiger partial charge in [0.05, 0.1) is 0 Å². The van der Waals surface area contributed by atoms with E-state index in [1.165, 1.54) is 6.39 Å². The molecule has 0 aliphatic heterocycles. The van der Waals surface area contributed by atoms with Crippen LogP contribution in [0.2, 0.25) is 0 Å². The highest BCUT2D eigenvalue weighted by Crippen LogP contribution is 2.32. The first-order chi connectivity index (χ1) is 10.3. The average Bonchev–Trinajstić information content (AvgIpc) is 3.19. The molecule has 0 saturated heterocycles. The third kappa shape index (κ3) is 2.95. The Morgan fingerprint density at radius 3 is 2.81 bits per heavy atom. The van der Waals surface area contributed by atoms with E-state index in [0.29, 0.717) is 18.3 Å². The zero-order chi connectivity index (χ0) is 14.7. The lowest BCUT2D eigenvalue weighted by molar-refractivity contribution is -0.120. The lowest BCUT2D eigenvalue weighted by Gasteiger charge is -2.17. The summed E-state index contributed by atoms with van der Waals surface area (Å²) in [7, 11) is 0. The van der Waals surface area contributed by atoms with Gasteiger partial charge in [-0.25, -0.2) is 0 Å². The van der Waals surface area contributed by atoms with Crippen LogP contribution in [0.3, 0.4) is 0 Å². The molecule has 2 atom stereocenters. The number of hydrogen-bond donors (Lipinski definition) is 2. The molecule has 3 N–H and O–H groups in total. The van der Waals surface area contributed by atoms with Crippen LogP contribution in [0.1, 0.15) is 19.3 Å². The van der Waals surface area contributed by atoms with Crippen molar-refractivity contribution in [3.8, 4) is 11.4 Å². The number of carbonyl (C=O) groups excluding carboxylic acids is 1. The van der Waals surface area contributed by atoms with Crippen molar-refractivity contribution in [2.24, 2.45) is 17.6 Å². The first kappa shape index (κ1) is 13.8. The van der Waals surface area contributed by atoms with Gasteiger partial charge in [0.2, 0.25) is 18.1 Å². The molecular weight excluding hydrogens is 268 g/mol. The molecule has 1 aromatic carbocycles. The van der Waals surface area contributed by atoms with E-state index < -0.39 is 0 Å². The fourth-order valence-electron chi connectivity index (χ4n) is 2.90. The minimum Gasteiger partial charge on any atom is -0.342 e. The Balaban J connectivity index is 1.66. The fourth-order valence-corrected chi connectivity index (χ4v) is 2.90. The second kappa shape index (κ2) is 6.05. The summed E-state index contributed by atoms with van der Waals surface area (Å²) >= 11 is 0. The van der Waals surface area contributed by atoms with Gasteiger partial charge < -0.3 is 15.6 Å². The molecule has 110 valence electrons. The van der Waals surface area contributed by atoms with Gasteiger partial charge in [0.1, 0.15) is 0 Å². The van der Waals surface area contributed by atoms with Crippen molar-refractivity contribution in [2.45, 2.75) is 19.3 Å². The summed E-state index contributed by atoms with van der Waals surface area (Å²) in [5.74, 6) is 0.942. The number of nitrogens with one attached hydrogen (secondary N) is 1. The van der Waals surface area contributed by atoms with Gasteiger partial charge in [-0.2, -0.15) is 4.98 Å². The Morgan fingerprint density at radius 2 is 2.14 bits per heavy atom. The second-order valence-electron chi connectivity index (χ2n) is 5.35. The van der Waals surface area contributed by atoms with Crippen molar-refractivity contribution in [1.82, 2.24) is 10.1 Å². The van der Waals surface area contributed by atoms with Gasteiger partial charge in [0, 0.05) is 17.2 Å². The molecule has 1 saturated carbocycles. The molecule has 2 aromatic rings. The molecule has 0 spiro atoms. The number of benzene rings is 1. The summed E-state index contributed by atoms with van der Waals surface area (Å²) in [6, 6.07) is 7.40. The Kier molecular flexibility index (Phi) is 3.96. The van der Waals surface area contributed by atoms with Crippen LogP contribution in [0.25, 0.3) is 11.4 Å². The third-order valence-corrected chi connectivity index (χ3v) is 4.07. The maximum absolute atomic E-state index is 12.3. The zero-order valence-corrected chi connectivity index (χ0v) is 11.7. The predicted molar refractivity (Wildman–Crippen MR) is 78.2 cm³/mol. The maximum Gasteiger partial charge on any atom is 0.227 e. The van der Waals surface area contributed by atoms with Crippen LogP contribution in [0.15, 0.2) is 35.2 Å². The third-order valence-electron chi connectivity index (χ3n) is 4.07. The van der Waals surface area contributed by atoms with Gasteiger partial charge in [0.15, 0.2) is 0 Å². The number of nitrogens with zero attached hydrogens (tertiary/aromatic N) is 2. The lowest BCUT2D eigenvalue weighted by atomic mass is 9.95. The number of anilines is 1. The molecule has 3 rings (SSSR count). The highest BCUT2D eigenvalue weighted by molar-refractivity contribution is 5.93. The van der Waals surface area contributed by atoms with E-state index in [1.807, 2.05) is 24.3 Å². The molecule has 1 aliphatic rings. The Labute approximate surface area is 122 Å². The summed E-state index contributed by atoms with van der Waals surface area (Å²) in [5.41, 5.74) is 7.35. The molecule has 0 bridgehead atoms. The van der Waals surface area contributed by atoms with Gasteiger partial charge in [-0.15, -0.1) is 0 Å². The number of hydrogen-bond acceptors (Lipinski definition) is 5. The van der Waals surface area contributed by atoms with Crippen molar-refractivity contribution >= 4 is 11.6 Å². The first-order valence-corrected chi connectivity index (χ1v) is 7.15. The molecule has 0 radical (unpaired) electrons. The molecule has 1 aromatic heterocycles. The second-order valence-corrected chi connectivity index (χ2v) is 5.35. The average molecular weight is 286 g/mol. The van der Waals surface area contributed by atoms with Gasteiger partial charge in [-0.3, -0.25) is 4.79 Å². The standard InChI is InChI=1S/C15H18N4O2/c16-8-11-2-1-3-13(11)15(20)18-12-6-4-10(5-7-12)14-17-9-21-19-14/h4-7,9,11,13H,1-3,8,16H2,(H,18,20)/t11-,13-/m1/s1. The zero-order valence-electron chi connectivity index (χ0n) is 11.7. The van der Waals surface area contributed by atoms with Gasteiger partial charge in [-0.1, -0.05) is 11.6 Å². The van der Waals surface area contributed by atoms with Crippen LogP contribution >= 0.6 is 0 Å². The predicted octanol–water partition coefficient (Wildman–Crippen LogP) is 2.05. The van der Waals surface area contributed by atoms with Crippen LogP contribution in [-0.2, 0) is 4.79 Å². The number of aromatic nitrogens is 2. The van der Waals surface area contributed by atoms with E-state index in [2.05, 4.69) is 15.5 Å². The van der Waals surface area contributed by atoms with Crippen molar-refractivity contribution in [3.63, 3.8) is 0 Å². The topological polar surface area (TPSA) is 94.0 Å². The summed E-state index contributed by atoms with van der Waals surface area (Å²) < 4.78 is 4.71. The van der Waals surface area contributed by atoms with Crippen molar-refractivity contribution in [1.29, 1.82) is 0 Å². The molecule has 0 unspecified atom stereocenters. The Bertz CT molecular complexity index is 595. The molecule has 21 heavy (non-hydrogen) atoms. The first-order valence-electron chi connectivity index (χ1n) is 7.15. The minimum absolute atomic E-state index is 0.0342. The summed E-state index contributed by atoms with van der Waals surface area (Å²) in [6.07, 6.45) is 4.34. The molecule has 6 heteroatoms. The minimum atomic E-state index is 0.0342. The van der Waals surface area contributed by atoms with Crippen molar-refractivity contribution in [3.05, 3.63) is 30.7 Å². The summed E-state index contributed by atoms with van der Waals surface area (Å²) in [5, 5.41) is 6.74. The Morgan fingerprint density at radius 1 is 1.33 bits per heavy atom. The monoisotopic (exact) mass is 286 g/mol. The molecule has 1 heterocycles. The molecule has 1 aliphatic carbocycles. The number of nitrogens with two attached hydrogens (primary N) is 1. The van der Waals surface area contributed by atoms with E-state index >= 15 is 0 Å². The van der Waals surface area contributed by atoms with Gasteiger partial charge in [-0.05, 0) is 49.6 Å². The molecular formula is C15H18N4O2. The van der Waals surface area contributed by atoms with Crippen LogP contribution in [0.5, 0.6) is 0 Å². The summed E-state index contributed by atoms with van der Waals surface area (Å²) in [4.78, 5) is 16.3. The van der Waals surface area contributed by atoms with Crippen LogP contribution in [-0.4, -0.2) is 22.6 Å². The Hall–Kier alpha value is -2.21. The van der Waals surface area contributed by atoms with E-state index in [0.717, 1.165) is 30.5 Å². The maximum atomic E-state index is 12.3. The number of rotatable bonds is 4. The quantitative estimate of drug-likeness (QED) is 0.897. The van der Waals surface area contributed by atoms with E-state index in [9.17, 15) is 4.79 Å². The van der Waals surface area contributed by atoms with Gasteiger partial charge in [0.25, 0.3) is 0 Å². The molecule has 1 amide bonds. The summed E-state index contributed by atoms with van der Waals surface area (Å²) in [6.45, 7) is 0.578. The lowest BCUT2D eigenvalue weighted by Crippen LogP contribution is -2.29. The SMILES string of the molecule is NC[C@H]1CCC[C@H]1C(=O)Nc1ccc(-c2ncon2)cc1. The van der Waals surface area contributed by atoms with Crippen LogP contribution in [0.4, 0.5) is 5.69 Å².